The van der Waals surface area contributed by atoms with Crippen molar-refractivity contribution in [2.24, 2.45) is 11.8 Å². The van der Waals surface area contributed by atoms with Crippen molar-refractivity contribution in [2.45, 2.75) is 20.3 Å². The van der Waals surface area contributed by atoms with E-state index in [1.54, 1.807) is 4.90 Å². The van der Waals surface area contributed by atoms with Crippen molar-refractivity contribution in [1.82, 2.24) is 4.90 Å². The number of benzene rings is 1. The summed E-state index contributed by atoms with van der Waals surface area (Å²) in [6.07, 6.45) is 1.08. The molecule has 2 rings (SSSR count). The van der Waals surface area contributed by atoms with Gasteiger partial charge in [-0.05, 0) is 30.4 Å². The maximum absolute atomic E-state index is 13.6. The van der Waals surface area contributed by atoms with Gasteiger partial charge in [-0.3, -0.25) is 4.79 Å². The second-order valence-electron chi connectivity index (χ2n) is 5.29. The third kappa shape index (κ3) is 2.47. The van der Waals surface area contributed by atoms with E-state index in [0.29, 0.717) is 24.9 Å². The van der Waals surface area contributed by atoms with E-state index in [1.807, 2.05) is 0 Å². The molecule has 1 heterocycles. The normalized spacial score (nSPS) is 24.1. The van der Waals surface area contributed by atoms with Gasteiger partial charge in [0.1, 0.15) is 17.1 Å². The highest BCUT2D eigenvalue weighted by Crippen LogP contribution is 2.26. The molecule has 1 aromatic carbocycles. The lowest BCUT2D eigenvalue weighted by atomic mass is 9.91. The lowest BCUT2D eigenvalue weighted by Gasteiger charge is -2.35. The summed E-state index contributed by atoms with van der Waals surface area (Å²) in [4.78, 5) is 13.9. The molecule has 0 saturated carbocycles. The molecule has 1 saturated heterocycles. The van der Waals surface area contributed by atoms with E-state index in [4.69, 9.17) is 0 Å². The summed E-state index contributed by atoms with van der Waals surface area (Å²) in [6.45, 7) is 5.40. The molecule has 0 bridgehead atoms. The molecule has 1 aliphatic heterocycles. The van der Waals surface area contributed by atoms with Crippen LogP contribution in [0.15, 0.2) is 18.2 Å². The highest BCUT2D eigenvalue weighted by Gasteiger charge is 2.29. The van der Waals surface area contributed by atoms with Crippen molar-refractivity contribution in [3.05, 3.63) is 29.6 Å². The lowest BCUT2D eigenvalue weighted by molar-refractivity contribution is 0.0615. The van der Waals surface area contributed by atoms with Gasteiger partial charge in [0.25, 0.3) is 5.91 Å². The van der Waals surface area contributed by atoms with Crippen LogP contribution in [-0.4, -0.2) is 29.0 Å². The minimum absolute atomic E-state index is 0.209. The van der Waals surface area contributed by atoms with Crippen molar-refractivity contribution in [3.8, 4) is 5.75 Å². The van der Waals surface area contributed by atoms with Crippen molar-refractivity contribution < 1.29 is 14.3 Å². The molecule has 2 atom stereocenters. The SMILES string of the molecule is CC1CC(C)CN(C(=O)c2c(O)cccc2F)C1. The number of hydrogen-bond acceptors (Lipinski definition) is 2. The summed E-state index contributed by atoms with van der Waals surface area (Å²) in [5.41, 5.74) is -0.209. The summed E-state index contributed by atoms with van der Waals surface area (Å²) in [5, 5.41) is 9.64. The van der Waals surface area contributed by atoms with Crippen LogP contribution in [0.25, 0.3) is 0 Å². The number of likely N-dealkylation sites (tertiary alicyclic amines) is 1. The third-order valence-electron chi connectivity index (χ3n) is 3.36. The Labute approximate surface area is 106 Å². The predicted octanol–water partition coefficient (Wildman–Crippen LogP) is 2.65. The van der Waals surface area contributed by atoms with E-state index >= 15 is 0 Å². The Kier molecular flexibility index (Phi) is 3.55. The molecule has 2 unspecified atom stereocenters. The number of phenols is 1. The smallest absolute Gasteiger partial charge is 0.260 e. The van der Waals surface area contributed by atoms with Crippen LogP contribution in [-0.2, 0) is 0 Å². The zero-order valence-electron chi connectivity index (χ0n) is 10.7. The minimum atomic E-state index is -0.661. The molecule has 0 spiro atoms. The average Bonchev–Trinajstić information content (AvgIpc) is 2.27. The van der Waals surface area contributed by atoms with Gasteiger partial charge in [-0.25, -0.2) is 4.39 Å². The van der Waals surface area contributed by atoms with Crippen LogP contribution in [0.3, 0.4) is 0 Å². The number of piperidine rings is 1. The van der Waals surface area contributed by atoms with E-state index in [2.05, 4.69) is 13.8 Å². The van der Waals surface area contributed by atoms with Gasteiger partial charge in [-0.1, -0.05) is 19.9 Å². The van der Waals surface area contributed by atoms with Gasteiger partial charge in [0.05, 0.1) is 0 Å². The highest BCUT2D eigenvalue weighted by molar-refractivity contribution is 5.97. The largest absolute Gasteiger partial charge is 0.507 e. The Morgan fingerprint density at radius 2 is 1.94 bits per heavy atom. The van der Waals surface area contributed by atoms with Crippen LogP contribution in [0.1, 0.15) is 30.6 Å². The zero-order chi connectivity index (χ0) is 13.3. The first-order chi connectivity index (χ1) is 8.49. The van der Waals surface area contributed by atoms with Gasteiger partial charge in [-0.2, -0.15) is 0 Å². The minimum Gasteiger partial charge on any atom is -0.507 e. The van der Waals surface area contributed by atoms with Crippen LogP contribution in [0.5, 0.6) is 5.75 Å². The summed E-state index contributed by atoms with van der Waals surface area (Å²) in [7, 11) is 0. The average molecular weight is 251 g/mol. The summed E-state index contributed by atoms with van der Waals surface area (Å²) in [5.74, 6) is -0.543. The molecule has 1 amide bonds. The number of amides is 1. The predicted molar refractivity (Wildman–Crippen MR) is 66.9 cm³/mol. The number of rotatable bonds is 1. The maximum Gasteiger partial charge on any atom is 0.260 e. The van der Waals surface area contributed by atoms with Gasteiger partial charge in [0.15, 0.2) is 0 Å². The van der Waals surface area contributed by atoms with Gasteiger partial charge < -0.3 is 10.0 Å². The fourth-order valence-corrected chi connectivity index (χ4v) is 2.71. The number of hydrogen-bond donors (Lipinski definition) is 1. The number of phenolic OH excluding ortho intramolecular Hbond substituents is 1. The lowest BCUT2D eigenvalue weighted by Crippen LogP contribution is -2.42. The summed E-state index contributed by atoms with van der Waals surface area (Å²) >= 11 is 0. The number of nitrogens with zero attached hydrogens (tertiary/aromatic N) is 1. The molecule has 98 valence electrons. The molecule has 4 heteroatoms. The molecular weight excluding hydrogens is 233 g/mol. The number of aromatic hydroxyl groups is 1. The molecule has 0 aliphatic carbocycles. The Morgan fingerprint density at radius 1 is 1.33 bits per heavy atom. The van der Waals surface area contributed by atoms with Crippen molar-refractivity contribution in [3.63, 3.8) is 0 Å². The third-order valence-corrected chi connectivity index (χ3v) is 3.36. The standard InChI is InChI=1S/C14H18FNO2/c1-9-6-10(2)8-16(7-9)14(18)13-11(15)4-3-5-12(13)17/h3-5,9-10,17H,6-8H2,1-2H3. The molecule has 1 fully saturated rings. The van der Waals surface area contributed by atoms with Crippen molar-refractivity contribution >= 4 is 5.91 Å². The molecular formula is C14H18FNO2. The molecule has 18 heavy (non-hydrogen) atoms. The fraction of sp³-hybridized carbons (Fsp3) is 0.500. The first-order valence-corrected chi connectivity index (χ1v) is 6.25. The Balaban J connectivity index is 2.26. The van der Waals surface area contributed by atoms with Crippen LogP contribution in [0, 0.1) is 17.7 Å². The topological polar surface area (TPSA) is 40.5 Å². The molecule has 3 nitrogen and oxygen atoms in total. The van der Waals surface area contributed by atoms with E-state index < -0.39 is 11.7 Å². The van der Waals surface area contributed by atoms with Crippen LogP contribution in [0.4, 0.5) is 4.39 Å². The number of carbonyl (C=O) groups excluding carboxylic acids is 1. The van der Waals surface area contributed by atoms with Gasteiger partial charge in [-0.15, -0.1) is 0 Å². The molecule has 1 N–H and O–H groups in total. The number of halogens is 1. The molecule has 1 aliphatic rings. The monoisotopic (exact) mass is 251 g/mol. The Hall–Kier alpha value is -1.58. The fourth-order valence-electron chi connectivity index (χ4n) is 2.71. The Bertz CT molecular complexity index is 431. The highest BCUT2D eigenvalue weighted by atomic mass is 19.1. The molecule has 1 aromatic rings. The summed E-state index contributed by atoms with van der Waals surface area (Å²) < 4.78 is 13.6. The molecule has 0 radical (unpaired) electrons. The van der Waals surface area contributed by atoms with Crippen LogP contribution in [0.2, 0.25) is 0 Å². The van der Waals surface area contributed by atoms with Crippen molar-refractivity contribution in [2.75, 3.05) is 13.1 Å². The van der Waals surface area contributed by atoms with Gasteiger partial charge in [0, 0.05) is 13.1 Å². The van der Waals surface area contributed by atoms with E-state index in [-0.39, 0.29) is 11.3 Å². The van der Waals surface area contributed by atoms with E-state index in [1.165, 1.54) is 18.2 Å². The van der Waals surface area contributed by atoms with E-state index in [0.717, 1.165) is 6.42 Å². The first kappa shape index (κ1) is 12.9. The maximum atomic E-state index is 13.6. The van der Waals surface area contributed by atoms with Gasteiger partial charge >= 0.3 is 0 Å². The first-order valence-electron chi connectivity index (χ1n) is 6.25. The zero-order valence-corrected chi connectivity index (χ0v) is 10.7. The van der Waals surface area contributed by atoms with E-state index in [9.17, 15) is 14.3 Å². The second-order valence-corrected chi connectivity index (χ2v) is 5.29. The van der Waals surface area contributed by atoms with Crippen molar-refractivity contribution in [1.29, 1.82) is 0 Å². The number of carbonyl (C=O) groups is 1. The molecule has 0 aromatic heterocycles. The second kappa shape index (κ2) is 4.96. The van der Waals surface area contributed by atoms with Crippen LogP contribution < -0.4 is 0 Å². The quantitative estimate of drug-likeness (QED) is 0.833. The van der Waals surface area contributed by atoms with Crippen LogP contribution >= 0.6 is 0 Å². The van der Waals surface area contributed by atoms with Gasteiger partial charge in [0.2, 0.25) is 0 Å². The summed E-state index contributed by atoms with van der Waals surface area (Å²) in [6, 6.07) is 3.93. The Morgan fingerprint density at radius 3 is 2.50 bits per heavy atom.